The van der Waals surface area contributed by atoms with Gasteiger partial charge in [0.2, 0.25) is 5.91 Å². The molecule has 110 valence electrons. The standard InChI is InChI=1S/C16H14Cl3NO/c17-9-15(21)20(10-12-5-2-1-3-6-12)11-13-7-4-8-14(18)16(13)19/h1-8H,9-11H2. The Bertz CT molecular complexity index is 616. The van der Waals surface area contributed by atoms with Gasteiger partial charge in [-0.25, -0.2) is 0 Å². The third kappa shape index (κ3) is 4.37. The van der Waals surface area contributed by atoms with Crippen LogP contribution in [0, 0.1) is 0 Å². The van der Waals surface area contributed by atoms with E-state index in [9.17, 15) is 4.79 Å². The zero-order valence-electron chi connectivity index (χ0n) is 11.2. The molecule has 2 aromatic carbocycles. The molecule has 0 aliphatic rings. The van der Waals surface area contributed by atoms with Gasteiger partial charge in [-0.15, -0.1) is 11.6 Å². The van der Waals surface area contributed by atoms with Crippen LogP contribution in [-0.2, 0) is 17.9 Å². The summed E-state index contributed by atoms with van der Waals surface area (Å²) in [6.07, 6.45) is 0. The van der Waals surface area contributed by atoms with Crippen LogP contribution in [0.25, 0.3) is 0 Å². The fourth-order valence-electron chi connectivity index (χ4n) is 2.00. The molecule has 2 aromatic rings. The van der Waals surface area contributed by atoms with Crippen LogP contribution in [-0.4, -0.2) is 16.7 Å². The van der Waals surface area contributed by atoms with Gasteiger partial charge in [0.15, 0.2) is 0 Å². The van der Waals surface area contributed by atoms with Crippen LogP contribution < -0.4 is 0 Å². The molecule has 0 aromatic heterocycles. The zero-order valence-corrected chi connectivity index (χ0v) is 13.5. The highest BCUT2D eigenvalue weighted by molar-refractivity contribution is 6.42. The molecule has 0 heterocycles. The Labute approximate surface area is 139 Å². The van der Waals surface area contributed by atoms with E-state index < -0.39 is 0 Å². The Balaban J connectivity index is 2.21. The number of hydrogen-bond donors (Lipinski definition) is 0. The first-order valence-electron chi connectivity index (χ1n) is 6.42. The van der Waals surface area contributed by atoms with Gasteiger partial charge >= 0.3 is 0 Å². The Morgan fingerprint density at radius 1 is 0.952 bits per heavy atom. The number of alkyl halides is 1. The highest BCUT2D eigenvalue weighted by Crippen LogP contribution is 2.27. The van der Waals surface area contributed by atoms with Crippen LogP contribution in [0.2, 0.25) is 10.0 Å². The van der Waals surface area contributed by atoms with E-state index in [0.29, 0.717) is 23.1 Å². The number of hydrogen-bond acceptors (Lipinski definition) is 1. The number of nitrogens with zero attached hydrogens (tertiary/aromatic N) is 1. The highest BCUT2D eigenvalue weighted by Gasteiger charge is 2.15. The van der Waals surface area contributed by atoms with Crippen molar-refractivity contribution < 1.29 is 4.79 Å². The van der Waals surface area contributed by atoms with Gasteiger partial charge in [0.05, 0.1) is 10.0 Å². The molecular formula is C16H14Cl3NO. The zero-order chi connectivity index (χ0) is 15.2. The summed E-state index contributed by atoms with van der Waals surface area (Å²) in [5.41, 5.74) is 1.84. The summed E-state index contributed by atoms with van der Waals surface area (Å²) in [6, 6.07) is 15.1. The van der Waals surface area contributed by atoms with Gasteiger partial charge in [0.1, 0.15) is 5.88 Å². The van der Waals surface area contributed by atoms with Gasteiger partial charge in [0.25, 0.3) is 0 Å². The van der Waals surface area contributed by atoms with Crippen LogP contribution in [0.4, 0.5) is 0 Å². The van der Waals surface area contributed by atoms with E-state index in [-0.39, 0.29) is 11.8 Å². The topological polar surface area (TPSA) is 20.3 Å². The second-order valence-electron chi connectivity index (χ2n) is 4.58. The quantitative estimate of drug-likeness (QED) is 0.717. The molecule has 0 fully saturated rings. The minimum absolute atomic E-state index is 0.0645. The fourth-order valence-corrected chi connectivity index (χ4v) is 2.55. The molecule has 0 aliphatic heterocycles. The Hall–Kier alpha value is -1.22. The van der Waals surface area contributed by atoms with E-state index in [1.807, 2.05) is 42.5 Å². The largest absolute Gasteiger partial charge is 0.333 e. The van der Waals surface area contributed by atoms with E-state index in [2.05, 4.69) is 0 Å². The Kier molecular flexibility index (Phi) is 5.92. The first-order valence-corrected chi connectivity index (χ1v) is 7.71. The number of rotatable bonds is 5. The molecule has 0 unspecified atom stereocenters. The van der Waals surface area contributed by atoms with Crippen LogP contribution in [0.3, 0.4) is 0 Å². The molecule has 0 spiro atoms. The summed E-state index contributed by atoms with van der Waals surface area (Å²) in [6.45, 7) is 0.856. The monoisotopic (exact) mass is 341 g/mol. The minimum Gasteiger partial charge on any atom is -0.333 e. The van der Waals surface area contributed by atoms with Gasteiger partial charge < -0.3 is 4.90 Å². The Morgan fingerprint density at radius 3 is 2.33 bits per heavy atom. The summed E-state index contributed by atoms with van der Waals surface area (Å²) in [7, 11) is 0. The molecule has 0 atom stereocenters. The predicted molar refractivity (Wildman–Crippen MR) is 87.9 cm³/mol. The maximum absolute atomic E-state index is 12.0. The van der Waals surface area contributed by atoms with E-state index in [0.717, 1.165) is 11.1 Å². The van der Waals surface area contributed by atoms with Gasteiger partial charge in [0, 0.05) is 13.1 Å². The predicted octanol–water partition coefficient (Wildman–Crippen LogP) is 4.76. The van der Waals surface area contributed by atoms with Crippen molar-refractivity contribution in [3.8, 4) is 0 Å². The third-order valence-electron chi connectivity index (χ3n) is 3.08. The SMILES string of the molecule is O=C(CCl)N(Cc1ccccc1)Cc1cccc(Cl)c1Cl. The van der Waals surface area contributed by atoms with Crippen molar-refractivity contribution in [2.45, 2.75) is 13.1 Å². The minimum atomic E-state index is -0.142. The molecular weight excluding hydrogens is 329 g/mol. The highest BCUT2D eigenvalue weighted by atomic mass is 35.5. The van der Waals surface area contributed by atoms with E-state index in [4.69, 9.17) is 34.8 Å². The number of carbonyl (C=O) groups excluding carboxylic acids is 1. The number of benzene rings is 2. The van der Waals surface area contributed by atoms with Crippen molar-refractivity contribution in [2.24, 2.45) is 0 Å². The molecule has 0 radical (unpaired) electrons. The van der Waals surface area contributed by atoms with E-state index in [1.54, 1.807) is 11.0 Å². The average Bonchev–Trinajstić information content (AvgIpc) is 2.51. The maximum Gasteiger partial charge on any atom is 0.238 e. The number of amides is 1. The molecule has 0 saturated heterocycles. The number of halogens is 3. The molecule has 0 aliphatic carbocycles. The van der Waals surface area contributed by atoms with E-state index in [1.165, 1.54) is 0 Å². The Morgan fingerprint density at radius 2 is 1.67 bits per heavy atom. The maximum atomic E-state index is 12.0. The molecule has 21 heavy (non-hydrogen) atoms. The van der Waals surface area contributed by atoms with Gasteiger partial charge in [-0.2, -0.15) is 0 Å². The van der Waals surface area contributed by atoms with Crippen LogP contribution in [0.5, 0.6) is 0 Å². The molecule has 5 heteroatoms. The summed E-state index contributed by atoms with van der Waals surface area (Å²) >= 11 is 17.9. The van der Waals surface area contributed by atoms with Gasteiger partial charge in [-0.1, -0.05) is 65.7 Å². The fraction of sp³-hybridized carbons (Fsp3) is 0.188. The van der Waals surface area contributed by atoms with Crippen molar-refractivity contribution in [2.75, 3.05) is 5.88 Å². The smallest absolute Gasteiger partial charge is 0.238 e. The molecule has 2 rings (SSSR count). The van der Waals surface area contributed by atoms with Crippen LogP contribution >= 0.6 is 34.8 Å². The van der Waals surface area contributed by atoms with Crippen molar-refractivity contribution in [1.82, 2.24) is 4.90 Å². The third-order valence-corrected chi connectivity index (χ3v) is 4.16. The lowest BCUT2D eigenvalue weighted by molar-refractivity contribution is -0.129. The lowest BCUT2D eigenvalue weighted by Crippen LogP contribution is -2.31. The van der Waals surface area contributed by atoms with Crippen molar-refractivity contribution >= 4 is 40.7 Å². The normalized spacial score (nSPS) is 10.4. The summed E-state index contributed by atoms with van der Waals surface area (Å²) in [5, 5.41) is 0.951. The average molecular weight is 343 g/mol. The molecule has 0 N–H and O–H groups in total. The van der Waals surface area contributed by atoms with Gasteiger partial charge in [-0.3, -0.25) is 4.79 Å². The second-order valence-corrected chi connectivity index (χ2v) is 5.63. The lowest BCUT2D eigenvalue weighted by atomic mass is 10.1. The van der Waals surface area contributed by atoms with Crippen molar-refractivity contribution in [1.29, 1.82) is 0 Å². The first kappa shape index (κ1) is 16.2. The molecule has 2 nitrogen and oxygen atoms in total. The van der Waals surface area contributed by atoms with Gasteiger partial charge in [-0.05, 0) is 17.2 Å². The lowest BCUT2D eigenvalue weighted by Gasteiger charge is -2.23. The number of carbonyl (C=O) groups is 1. The van der Waals surface area contributed by atoms with Crippen LogP contribution in [0.1, 0.15) is 11.1 Å². The van der Waals surface area contributed by atoms with E-state index >= 15 is 0 Å². The summed E-state index contributed by atoms with van der Waals surface area (Å²) in [5.74, 6) is -0.207. The molecule has 0 bridgehead atoms. The summed E-state index contributed by atoms with van der Waals surface area (Å²) in [4.78, 5) is 13.7. The van der Waals surface area contributed by atoms with Crippen molar-refractivity contribution in [3.63, 3.8) is 0 Å². The molecule has 0 saturated carbocycles. The first-order chi connectivity index (χ1) is 10.1. The second kappa shape index (κ2) is 7.69. The summed E-state index contributed by atoms with van der Waals surface area (Å²) < 4.78 is 0. The van der Waals surface area contributed by atoms with Crippen molar-refractivity contribution in [3.05, 3.63) is 69.7 Å². The molecule has 1 amide bonds. The van der Waals surface area contributed by atoms with Crippen LogP contribution in [0.15, 0.2) is 48.5 Å².